The predicted molar refractivity (Wildman–Crippen MR) is 98.6 cm³/mol. The molecule has 2 amide bonds. The monoisotopic (exact) mass is 352 g/mol. The van der Waals surface area contributed by atoms with E-state index in [1.807, 2.05) is 43.3 Å². The maximum absolute atomic E-state index is 12.9. The van der Waals surface area contributed by atoms with Gasteiger partial charge in [0.05, 0.1) is 12.0 Å². The second kappa shape index (κ2) is 6.63. The van der Waals surface area contributed by atoms with Gasteiger partial charge in [0.2, 0.25) is 11.8 Å². The number of anilines is 1. The molecule has 1 heterocycles. The van der Waals surface area contributed by atoms with Gasteiger partial charge in [-0.25, -0.2) is 0 Å². The Kier molecular flexibility index (Phi) is 4.31. The Morgan fingerprint density at radius 3 is 2.38 bits per heavy atom. The summed E-state index contributed by atoms with van der Waals surface area (Å²) in [6, 6.07) is 11.5. The first-order chi connectivity index (χ1) is 12.6. The molecule has 1 aromatic heterocycles. The summed E-state index contributed by atoms with van der Waals surface area (Å²) in [5.74, 6) is 1.94. The first-order valence-electron chi connectivity index (χ1n) is 9.32. The minimum atomic E-state index is -0.458. The van der Waals surface area contributed by atoms with E-state index in [1.54, 1.807) is 0 Å². The minimum absolute atomic E-state index is 0.0487. The second-order valence-electron chi connectivity index (χ2n) is 7.47. The van der Waals surface area contributed by atoms with Crippen LogP contribution in [0.15, 0.2) is 40.8 Å². The minimum Gasteiger partial charge on any atom is -0.465 e. The highest BCUT2D eigenvalue weighted by Crippen LogP contribution is 2.44. The molecule has 5 nitrogen and oxygen atoms in total. The molecule has 0 saturated heterocycles. The fourth-order valence-corrected chi connectivity index (χ4v) is 3.56. The molecular formula is C21H24N2O3. The van der Waals surface area contributed by atoms with E-state index in [0.29, 0.717) is 6.54 Å². The summed E-state index contributed by atoms with van der Waals surface area (Å²) in [4.78, 5) is 24.7. The molecule has 1 aromatic carbocycles. The maximum atomic E-state index is 12.9. The molecule has 2 saturated carbocycles. The molecule has 0 unspecified atom stereocenters. The highest BCUT2D eigenvalue weighted by molar-refractivity contribution is 5.94. The first kappa shape index (κ1) is 16.9. The van der Waals surface area contributed by atoms with Crippen molar-refractivity contribution in [3.63, 3.8) is 0 Å². The molecule has 2 aromatic rings. The van der Waals surface area contributed by atoms with E-state index in [4.69, 9.17) is 4.42 Å². The molecule has 0 aliphatic heterocycles. The van der Waals surface area contributed by atoms with Crippen LogP contribution in [-0.4, -0.2) is 11.8 Å². The lowest BCUT2D eigenvalue weighted by molar-refractivity contribution is -0.130. The van der Waals surface area contributed by atoms with Crippen LogP contribution in [0.1, 0.15) is 49.2 Å². The van der Waals surface area contributed by atoms with Gasteiger partial charge in [-0.15, -0.1) is 0 Å². The maximum Gasteiger partial charge on any atom is 0.231 e. The van der Waals surface area contributed by atoms with E-state index < -0.39 is 5.41 Å². The van der Waals surface area contributed by atoms with Crippen LogP contribution in [0, 0.1) is 12.8 Å². The molecule has 0 atom stereocenters. The molecule has 0 spiro atoms. The van der Waals surface area contributed by atoms with E-state index in [2.05, 4.69) is 10.6 Å². The number of nitrogens with one attached hydrogen (secondary N) is 2. The van der Waals surface area contributed by atoms with Crippen molar-refractivity contribution in [2.75, 3.05) is 5.32 Å². The van der Waals surface area contributed by atoms with Crippen LogP contribution in [0.25, 0.3) is 0 Å². The third-order valence-corrected chi connectivity index (χ3v) is 5.51. The van der Waals surface area contributed by atoms with E-state index in [-0.39, 0.29) is 17.7 Å². The quantitative estimate of drug-likeness (QED) is 0.833. The lowest BCUT2D eigenvalue weighted by Gasteiger charge is -2.40. The SMILES string of the molecule is Cc1ccc(CNC(=O)C2(c3ccc(NC(=O)C4CC4)cc3)CCC2)o1. The van der Waals surface area contributed by atoms with Gasteiger partial charge in [0.1, 0.15) is 11.5 Å². The third-order valence-electron chi connectivity index (χ3n) is 5.51. The van der Waals surface area contributed by atoms with E-state index >= 15 is 0 Å². The summed E-state index contributed by atoms with van der Waals surface area (Å²) in [7, 11) is 0. The van der Waals surface area contributed by atoms with E-state index in [9.17, 15) is 9.59 Å². The van der Waals surface area contributed by atoms with Crippen molar-refractivity contribution in [2.24, 2.45) is 5.92 Å². The van der Waals surface area contributed by atoms with Crippen LogP contribution in [0.3, 0.4) is 0 Å². The molecular weight excluding hydrogens is 328 g/mol. The van der Waals surface area contributed by atoms with Crippen molar-refractivity contribution in [3.05, 3.63) is 53.5 Å². The smallest absolute Gasteiger partial charge is 0.231 e. The van der Waals surface area contributed by atoms with Gasteiger partial charge >= 0.3 is 0 Å². The third kappa shape index (κ3) is 3.26. The number of carbonyl (C=O) groups is 2. The van der Waals surface area contributed by atoms with E-state index in [0.717, 1.165) is 54.9 Å². The number of rotatable bonds is 6. The molecule has 136 valence electrons. The van der Waals surface area contributed by atoms with Crippen molar-refractivity contribution in [1.82, 2.24) is 5.32 Å². The number of hydrogen-bond acceptors (Lipinski definition) is 3. The molecule has 2 N–H and O–H groups in total. The Morgan fingerprint density at radius 2 is 1.85 bits per heavy atom. The summed E-state index contributed by atoms with van der Waals surface area (Å²) >= 11 is 0. The summed E-state index contributed by atoms with van der Waals surface area (Å²) in [5, 5.41) is 5.97. The molecule has 0 bridgehead atoms. The van der Waals surface area contributed by atoms with Gasteiger partial charge < -0.3 is 15.1 Å². The number of amides is 2. The summed E-state index contributed by atoms with van der Waals surface area (Å²) in [5.41, 5.74) is 1.36. The summed E-state index contributed by atoms with van der Waals surface area (Å²) in [6.07, 6.45) is 4.73. The van der Waals surface area contributed by atoms with Gasteiger partial charge in [0.15, 0.2) is 0 Å². The van der Waals surface area contributed by atoms with Crippen molar-refractivity contribution >= 4 is 17.5 Å². The normalized spacial score (nSPS) is 18.0. The Balaban J connectivity index is 1.43. The molecule has 26 heavy (non-hydrogen) atoms. The highest BCUT2D eigenvalue weighted by Gasteiger charge is 2.45. The van der Waals surface area contributed by atoms with Crippen LogP contribution in [0.5, 0.6) is 0 Å². The average molecular weight is 352 g/mol. The molecule has 2 aliphatic carbocycles. The lowest BCUT2D eigenvalue weighted by atomic mass is 9.64. The van der Waals surface area contributed by atoms with Gasteiger partial charge in [-0.2, -0.15) is 0 Å². The predicted octanol–water partition coefficient (Wildman–Crippen LogP) is 3.67. The van der Waals surface area contributed by atoms with Crippen LogP contribution in [0.2, 0.25) is 0 Å². The number of aryl methyl sites for hydroxylation is 1. The largest absolute Gasteiger partial charge is 0.465 e. The zero-order chi connectivity index (χ0) is 18.1. The van der Waals surface area contributed by atoms with Crippen molar-refractivity contribution in [2.45, 2.75) is 51.0 Å². The fraction of sp³-hybridized carbons (Fsp3) is 0.429. The van der Waals surface area contributed by atoms with Crippen molar-refractivity contribution < 1.29 is 14.0 Å². The van der Waals surface area contributed by atoms with Gasteiger partial charge in [0, 0.05) is 11.6 Å². The zero-order valence-electron chi connectivity index (χ0n) is 15.0. The standard InChI is InChI=1S/C21H24N2O3/c1-14-3-10-18(26-14)13-22-20(25)21(11-2-12-21)16-6-8-17(9-7-16)23-19(24)15-4-5-15/h3,6-10,15H,2,4-5,11-13H2,1H3,(H,22,25)(H,23,24). The average Bonchev–Trinajstić information content (AvgIpc) is 3.36. The topological polar surface area (TPSA) is 71.3 Å². The van der Waals surface area contributed by atoms with Crippen LogP contribution in [-0.2, 0) is 21.5 Å². The molecule has 4 rings (SSSR count). The van der Waals surface area contributed by atoms with Crippen LogP contribution in [0.4, 0.5) is 5.69 Å². The van der Waals surface area contributed by atoms with Crippen molar-refractivity contribution in [1.29, 1.82) is 0 Å². The zero-order valence-corrected chi connectivity index (χ0v) is 15.0. The number of furan rings is 1. The number of hydrogen-bond donors (Lipinski definition) is 2. The molecule has 2 fully saturated rings. The molecule has 2 aliphatic rings. The Morgan fingerprint density at radius 1 is 1.12 bits per heavy atom. The van der Waals surface area contributed by atoms with Crippen LogP contribution >= 0.6 is 0 Å². The first-order valence-corrected chi connectivity index (χ1v) is 9.32. The van der Waals surface area contributed by atoms with Crippen LogP contribution < -0.4 is 10.6 Å². The van der Waals surface area contributed by atoms with Gasteiger partial charge in [-0.1, -0.05) is 18.6 Å². The number of carbonyl (C=O) groups excluding carboxylic acids is 2. The van der Waals surface area contributed by atoms with Gasteiger partial charge in [-0.3, -0.25) is 9.59 Å². The second-order valence-corrected chi connectivity index (χ2v) is 7.47. The molecule has 0 radical (unpaired) electrons. The van der Waals surface area contributed by atoms with Gasteiger partial charge in [-0.05, 0) is 62.4 Å². The van der Waals surface area contributed by atoms with Gasteiger partial charge in [0.25, 0.3) is 0 Å². The Bertz CT molecular complexity index is 814. The summed E-state index contributed by atoms with van der Waals surface area (Å²) < 4.78 is 5.53. The van der Waals surface area contributed by atoms with Crippen molar-refractivity contribution in [3.8, 4) is 0 Å². The molecule has 5 heteroatoms. The van der Waals surface area contributed by atoms with E-state index in [1.165, 1.54) is 0 Å². The lowest BCUT2D eigenvalue weighted by Crippen LogP contribution is -2.48. The Hall–Kier alpha value is -2.56. The fourth-order valence-electron chi connectivity index (χ4n) is 3.56. The summed E-state index contributed by atoms with van der Waals surface area (Å²) in [6.45, 7) is 2.30. The number of benzene rings is 1. The Labute approximate surface area is 153 Å². The highest BCUT2D eigenvalue weighted by atomic mass is 16.3.